The minimum Gasteiger partial charge on any atom is -0.360 e. The molecule has 3 amide bonds. The number of rotatable bonds is 9. The van der Waals surface area contributed by atoms with Crippen LogP contribution in [0.3, 0.4) is 0 Å². The third kappa shape index (κ3) is 6.05. The average Bonchev–Trinajstić information content (AvgIpc) is 3.15. The zero-order valence-electron chi connectivity index (χ0n) is 16.9. The average molecular weight is 402 g/mol. The van der Waals surface area contributed by atoms with E-state index in [-0.39, 0.29) is 18.2 Å². The normalized spacial score (nSPS) is 14.3. The molecule has 2 heterocycles. The van der Waals surface area contributed by atoms with Gasteiger partial charge in [-0.25, -0.2) is 5.48 Å². The van der Waals surface area contributed by atoms with Crippen LogP contribution in [0.1, 0.15) is 60.6 Å². The number of amides is 3. The molecule has 0 atom stereocenters. The van der Waals surface area contributed by atoms with Gasteiger partial charge in [-0.15, -0.1) is 0 Å². The lowest BCUT2D eigenvalue weighted by Crippen LogP contribution is -2.50. The molecule has 0 spiro atoms. The van der Waals surface area contributed by atoms with Crippen LogP contribution in [-0.2, 0) is 9.59 Å². The number of nitrogens with zero attached hydrogens (tertiary/aromatic N) is 2. The summed E-state index contributed by atoms with van der Waals surface area (Å²) in [5, 5.41) is 8.44. The summed E-state index contributed by atoms with van der Waals surface area (Å²) in [6.07, 6.45) is 9.97. The smallest absolute Gasteiger partial charge is 0.256 e. The topological polar surface area (TPSA) is 106 Å². The first kappa shape index (κ1) is 22.4. The van der Waals surface area contributed by atoms with Gasteiger partial charge >= 0.3 is 0 Å². The zero-order valence-corrected chi connectivity index (χ0v) is 16.9. The molecule has 158 valence electrons. The van der Waals surface area contributed by atoms with Crippen molar-refractivity contribution in [1.82, 2.24) is 20.3 Å². The van der Waals surface area contributed by atoms with Crippen LogP contribution in [-0.4, -0.2) is 63.9 Å². The molecule has 1 aliphatic heterocycles. The van der Waals surface area contributed by atoms with Crippen molar-refractivity contribution in [3.05, 3.63) is 35.7 Å². The van der Waals surface area contributed by atoms with Gasteiger partial charge in [0.2, 0.25) is 11.8 Å². The third-order valence-electron chi connectivity index (χ3n) is 5.06. The second kappa shape index (κ2) is 11.2. The predicted molar refractivity (Wildman–Crippen MR) is 111 cm³/mol. The number of aromatic nitrogens is 1. The summed E-state index contributed by atoms with van der Waals surface area (Å²) in [7, 11) is 0. The van der Waals surface area contributed by atoms with E-state index < -0.39 is 5.91 Å². The van der Waals surface area contributed by atoms with E-state index in [4.69, 9.17) is 5.21 Å². The Morgan fingerprint density at radius 2 is 1.79 bits per heavy atom. The monoisotopic (exact) mass is 402 g/mol. The van der Waals surface area contributed by atoms with Crippen LogP contribution in [0.15, 0.2) is 18.9 Å². The SMILES string of the molecule is C=Cc1[nH]cc(C(=O)N2CCN(C(=O)CCCCCC(=O)NO)CC2)c1/C=C\C. The highest BCUT2D eigenvalue weighted by molar-refractivity contribution is 5.99. The number of carbonyl (C=O) groups is 3. The van der Waals surface area contributed by atoms with Gasteiger partial charge in [0.25, 0.3) is 5.91 Å². The van der Waals surface area contributed by atoms with E-state index in [1.807, 2.05) is 19.1 Å². The maximum Gasteiger partial charge on any atom is 0.256 e. The largest absolute Gasteiger partial charge is 0.360 e. The second-order valence-electron chi connectivity index (χ2n) is 7.00. The molecule has 0 unspecified atom stereocenters. The summed E-state index contributed by atoms with van der Waals surface area (Å²) in [6, 6.07) is 0. The first-order chi connectivity index (χ1) is 14.0. The van der Waals surface area contributed by atoms with Gasteiger partial charge in [0, 0.05) is 56.5 Å². The molecule has 0 aromatic carbocycles. The van der Waals surface area contributed by atoms with E-state index in [0.29, 0.717) is 51.0 Å². The van der Waals surface area contributed by atoms with E-state index in [9.17, 15) is 14.4 Å². The lowest BCUT2D eigenvalue weighted by atomic mass is 10.1. The molecule has 1 aromatic heterocycles. The number of H-pyrrole nitrogens is 1. The van der Waals surface area contributed by atoms with Gasteiger partial charge in [-0.1, -0.05) is 25.2 Å². The van der Waals surface area contributed by atoms with Gasteiger partial charge in [-0.05, 0) is 25.8 Å². The minimum atomic E-state index is -0.405. The Morgan fingerprint density at radius 1 is 1.14 bits per heavy atom. The molecule has 0 bridgehead atoms. The third-order valence-corrected chi connectivity index (χ3v) is 5.06. The molecule has 8 heteroatoms. The standard InChI is InChI=1S/C21H30N4O4/c1-3-8-16-17(15-22-18(16)4-2)21(28)25-13-11-24(12-14-25)20(27)10-7-5-6-9-19(26)23-29/h3-4,8,15,22,29H,2,5-7,9-14H2,1H3,(H,23,26)/b8-3-. The molecule has 3 N–H and O–H groups in total. The van der Waals surface area contributed by atoms with Gasteiger partial charge in [-0.3, -0.25) is 19.6 Å². The quantitative estimate of drug-likeness (QED) is 0.335. The Hall–Kier alpha value is -2.87. The highest BCUT2D eigenvalue weighted by Gasteiger charge is 2.26. The molecule has 1 aromatic rings. The van der Waals surface area contributed by atoms with E-state index in [0.717, 1.165) is 17.7 Å². The van der Waals surface area contributed by atoms with E-state index in [1.165, 1.54) is 0 Å². The number of hydroxylamine groups is 1. The van der Waals surface area contributed by atoms with Gasteiger partial charge in [-0.2, -0.15) is 0 Å². The maximum atomic E-state index is 12.9. The number of carbonyl (C=O) groups excluding carboxylic acids is 3. The summed E-state index contributed by atoms with van der Waals surface area (Å²) in [6.45, 7) is 7.73. The summed E-state index contributed by atoms with van der Waals surface area (Å²) in [4.78, 5) is 42.9. The Kier molecular flexibility index (Phi) is 8.67. The van der Waals surface area contributed by atoms with Gasteiger partial charge in [0.05, 0.1) is 5.56 Å². The van der Waals surface area contributed by atoms with Gasteiger partial charge in [0.1, 0.15) is 0 Å². The van der Waals surface area contributed by atoms with Crippen molar-refractivity contribution in [2.45, 2.75) is 39.0 Å². The number of aromatic amines is 1. The van der Waals surface area contributed by atoms with Crippen LogP contribution in [0.4, 0.5) is 0 Å². The number of unbranched alkanes of at least 4 members (excludes halogenated alkanes) is 2. The zero-order chi connectivity index (χ0) is 21.2. The fourth-order valence-electron chi connectivity index (χ4n) is 3.42. The summed E-state index contributed by atoms with van der Waals surface area (Å²) < 4.78 is 0. The maximum absolute atomic E-state index is 12.9. The first-order valence-electron chi connectivity index (χ1n) is 9.98. The van der Waals surface area contributed by atoms with Crippen molar-refractivity contribution in [2.24, 2.45) is 0 Å². The molecule has 8 nitrogen and oxygen atoms in total. The Bertz CT molecular complexity index is 761. The summed E-state index contributed by atoms with van der Waals surface area (Å²) >= 11 is 0. The molecule has 1 fully saturated rings. The molecule has 1 saturated heterocycles. The highest BCUT2D eigenvalue weighted by atomic mass is 16.5. The summed E-state index contributed by atoms with van der Waals surface area (Å²) in [5.41, 5.74) is 3.87. The highest BCUT2D eigenvalue weighted by Crippen LogP contribution is 2.20. The van der Waals surface area contributed by atoms with Gasteiger partial charge < -0.3 is 14.8 Å². The molecular formula is C21H30N4O4. The Morgan fingerprint density at radius 3 is 2.41 bits per heavy atom. The number of piperazine rings is 1. The van der Waals surface area contributed by atoms with Crippen LogP contribution in [0.5, 0.6) is 0 Å². The van der Waals surface area contributed by atoms with E-state index in [1.54, 1.807) is 27.6 Å². The van der Waals surface area contributed by atoms with Crippen LogP contribution >= 0.6 is 0 Å². The molecular weight excluding hydrogens is 372 g/mol. The van der Waals surface area contributed by atoms with E-state index in [2.05, 4.69) is 11.6 Å². The Balaban J connectivity index is 1.80. The van der Waals surface area contributed by atoms with Crippen molar-refractivity contribution >= 4 is 29.9 Å². The van der Waals surface area contributed by atoms with Crippen molar-refractivity contribution in [3.8, 4) is 0 Å². The summed E-state index contributed by atoms with van der Waals surface area (Å²) in [5.74, 6) is -0.372. The number of allylic oxidation sites excluding steroid dienone is 1. The van der Waals surface area contributed by atoms with Crippen LogP contribution < -0.4 is 5.48 Å². The van der Waals surface area contributed by atoms with Crippen LogP contribution in [0, 0.1) is 0 Å². The van der Waals surface area contributed by atoms with Crippen LogP contribution in [0.25, 0.3) is 12.2 Å². The number of hydrogen-bond donors (Lipinski definition) is 3. The molecule has 0 radical (unpaired) electrons. The van der Waals surface area contributed by atoms with Crippen molar-refractivity contribution in [1.29, 1.82) is 0 Å². The molecule has 2 rings (SSSR count). The molecule has 0 aliphatic carbocycles. The molecule has 0 saturated carbocycles. The lowest BCUT2D eigenvalue weighted by molar-refractivity contribution is -0.132. The van der Waals surface area contributed by atoms with Crippen molar-refractivity contribution < 1.29 is 19.6 Å². The fourth-order valence-corrected chi connectivity index (χ4v) is 3.42. The van der Waals surface area contributed by atoms with Crippen molar-refractivity contribution in [3.63, 3.8) is 0 Å². The molecule has 29 heavy (non-hydrogen) atoms. The number of hydrogen-bond acceptors (Lipinski definition) is 4. The van der Waals surface area contributed by atoms with Crippen LogP contribution in [0.2, 0.25) is 0 Å². The lowest BCUT2D eigenvalue weighted by Gasteiger charge is -2.35. The molecule has 1 aliphatic rings. The Labute approximate surface area is 171 Å². The number of nitrogens with one attached hydrogen (secondary N) is 2. The predicted octanol–water partition coefficient (Wildman–Crippen LogP) is 2.43. The van der Waals surface area contributed by atoms with Crippen molar-refractivity contribution in [2.75, 3.05) is 26.2 Å². The fraction of sp³-hybridized carbons (Fsp3) is 0.476. The first-order valence-corrected chi connectivity index (χ1v) is 9.98. The van der Waals surface area contributed by atoms with E-state index >= 15 is 0 Å². The van der Waals surface area contributed by atoms with Gasteiger partial charge in [0.15, 0.2) is 0 Å². The second-order valence-corrected chi connectivity index (χ2v) is 7.00. The minimum absolute atomic E-state index is 0.0447.